The van der Waals surface area contributed by atoms with Gasteiger partial charge in [0.1, 0.15) is 0 Å². The van der Waals surface area contributed by atoms with Crippen molar-refractivity contribution >= 4 is 0 Å². The molecule has 0 heterocycles. The van der Waals surface area contributed by atoms with Gasteiger partial charge >= 0.3 is 0 Å². The van der Waals surface area contributed by atoms with Gasteiger partial charge in [0.25, 0.3) is 0 Å². The van der Waals surface area contributed by atoms with Gasteiger partial charge in [0.05, 0.1) is 0 Å². The van der Waals surface area contributed by atoms with E-state index in [0.717, 1.165) is 41.6 Å². The van der Waals surface area contributed by atoms with Crippen molar-refractivity contribution in [2.45, 2.75) is 77.0 Å². The van der Waals surface area contributed by atoms with Crippen molar-refractivity contribution in [2.75, 3.05) is 0 Å². The van der Waals surface area contributed by atoms with Crippen molar-refractivity contribution in [1.29, 1.82) is 0 Å². The molecule has 6 atom stereocenters. The summed E-state index contributed by atoms with van der Waals surface area (Å²) in [6.45, 7) is 2.12. The molecule has 4 rings (SSSR count). The number of halogens is 2. The zero-order chi connectivity index (χ0) is 18.8. The second kappa shape index (κ2) is 8.45. The van der Waals surface area contributed by atoms with Crippen molar-refractivity contribution in [1.82, 2.24) is 0 Å². The molecule has 0 radical (unpaired) electrons. The Morgan fingerprint density at radius 2 is 1.63 bits per heavy atom. The van der Waals surface area contributed by atoms with E-state index in [9.17, 15) is 8.78 Å². The van der Waals surface area contributed by atoms with E-state index in [1.165, 1.54) is 69.9 Å². The molecule has 1 aromatic rings. The molecule has 3 aliphatic carbocycles. The molecular weight excluding hydrogens is 338 g/mol. The number of fused-ring (bicyclic) bond motifs is 3. The summed E-state index contributed by atoms with van der Waals surface area (Å²) in [4.78, 5) is 0. The molecule has 3 saturated carbocycles. The van der Waals surface area contributed by atoms with E-state index in [0.29, 0.717) is 5.92 Å². The molecule has 0 nitrogen and oxygen atoms in total. The monoisotopic (exact) mass is 372 g/mol. The molecule has 0 amide bonds. The van der Waals surface area contributed by atoms with Crippen LogP contribution in [-0.4, -0.2) is 0 Å². The highest BCUT2D eigenvalue weighted by atomic mass is 19.2. The van der Waals surface area contributed by atoms with E-state index < -0.39 is 11.6 Å². The summed E-state index contributed by atoms with van der Waals surface area (Å²) in [5.74, 6) is 3.55. The summed E-state index contributed by atoms with van der Waals surface area (Å²) in [5, 5.41) is 0. The first-order chi connectivity index (χ1) is 13.2. The molecule has 148 valence electrons. The molecule has 27 heavy (non-hydrogen) atoms. The van der Waals surface area contributed by atoms with Gasteiger partial charge in [-0.15, -0.1) is 0 Å². The van der Waals surface area contributed by atoms with Crippen molar-refractivity contribution in [2.24, 2.45) is 29.6 Å². The molecule has 0 spiro atoms. The second-order valence-electron chi connectivity index (χ2n) is 9.43. The Balaban J connectivity index is 1.36. The zero-order valence-electron chi connectivity index (χ0n) is 16.7. The van der Waals surface area contributed by atoms with E-state index in [1.807, 2.05) is 6.07 Å². The summed E-state index contributed by atoms with van der Waals surface area (Å²) >= 11 is 0. The maximum atomic E-state index is 13.7. The maximum Gasteiger partial charge on any atom is 0.159 e. The fourth-order valence-corrected chi connectivity index (χ4v) is 6.72. The Kier molecular flexibility index (Phi) is 5.99. The normalized spacial score (nSPS) is 36.4. The van der Waals surface area contributed by atoms with Crippen LogP contribution in [0.1, 0.15) is 82.6 Å². The summed E-state index contributed by atoms with van der Waals surface area (Å²) < 4.78 is 26.9. The molecule has 1 aromatic carbocycles. The lowest BCUT2D eigenvalue weighted by atomic mass is 9.55. The predicted octanol–water partition coefficient (Wildman–Crippen LogP) is 7.65. The number of hydrogen-bond donors (Lipinski definition) is 0. The van der Waals surface area contributed by atoms with Crippen molar-refractivity contribution in [3.05, 3.63) is 47.5 Å². The Labute approximate surface area is 163 Å². The van der Waals surface area contributed by atoms with Gasteiger partial charge in [-0.25, -0.2) is 8.78 Å². The summed E-state index contributed by atoms with van der Waals surface area (Å²) in [7, 11) is 0. The number of rotatable bonds is 4. The van der Waals surface area contributed by atoms with Gasteiger partial charge in [-0.2, -0.15) is 0 Å². The van der Waals surface area contributed by atoms with E-state index >= 15 is 0 Å². The quantitative estimate of drug-likeness (QED) is 0.476. The first-order valence-electron chi connectivity index (χ1n) is 11.2. The van der Waals surface area contributed by atoms with Crippen LogP contribution in [0, 0.1) is 41.2 Å². The van der Waals surface area contributed by atoms with Gasteiger partial charge < -0.3 is 0 Å². The average molecular weight is 373 g/mol. The summed E-state index contributed by atoms with van der Waals surface area (Å²) in [6.07, 6.45) is 17.8. The molecule has 0 saturated heterocycles. The lowest BCUT2D eigenvalue weighted by Crippen LogP contribution is -2.41. The molecule has 3 fully saturated rings. The summed E-state index contributed by atoms with van der Waals surface area (Å²) in [6, 6.07) is 4.57. The van der Waals surface area contributed by atoms with Crippen molar-refractivity contribution in [3.8, 4) is 0 Å². The van der Waals surface area contributed by atoms with Gasteiger partial charge in [-0.1, -0.05) is 24.6 Å². The zero-order valence-corrected chi connectivity index (χ0v) is 16.7. The second-order valence-corrected chi connectivity index (χ2v) is 9.43. The minimum atomic E-state index is -0.723. The largest absolute Gasteiger partial charge is 0.204 e. The first kappa shape index (κ1) is 19.2. The molecule has 2 heteroatoms. The predicted molar refractivity (Wildman–Crippen MR) is 108 cm³/mol. The smallest absolute Gasteiger partial charge is 0.159 e. The van der Waals surface area contributed by atoms with Gasteiger partial charge in [-0.05, 0) is 118 Å². The topological polar surface area (TPSA) is 0 Å². The minimum absolute atomic E-state index is 0.426. The SMILES string of the molecule is C/C=C/CC[C@@H]1CC[C@H]2[C@H](CC[C@H]3CC(c4ccc(F)c(F)c4)CC[C@@H]32)C1. The van der Waals surface area contributed by atoms with Crippen LogP contribution < -0.4 is 0 Å². The maximum absolute atomic E-state index is 13.7. The molecule has 0 aliphatic heterocycles. The standard InChI is InChI=1S/C25H34F2/c1-2-3-4-5-17-6-11-22-20(14-17)7-8-21-15-18(9-12-23(21)22)19-10-13-24(26)25(27)16-19/h2-3,10,13,16-18,20-23H,4-9,11-12,14-15H2,1H3/b3-2+/t17-,18?,20-,21+,22+,23+/m1/s1. The molecule has 0 N–H and O–H groups in total. The minimum Gasteiger partial charge on any atom is -0.204 e. The molecule has 0 bridgehead atoms. The van der Waals surface area contributed by atoms with Gasteiger partial charge in [0, 0.05) is 0 Å². The third-order valence-corrected chi connectivity index (χ3v) is 8.04. The van der Waals surface area contributed by atoms with Gasteiger partial charge in [0.15, 0.2) is 11.6 Å². The van der Waals surface area contributed by atoms with Crippen LogP contribution in [0.25, 0.3) is 0 Å². The number of allylic oxidation sites excluding steroid dienone is 2. The number of hydrogen-bond acceptors (Lipinski definition) is 0. The Hall–Kier alpha value is -1.18. The lowest BCUT2D eigenvalue weighted by molar-refractivity contribution is 0.00563. The first-order valence-corrected chi connectivity index (χ1v) is 11.2. The molecular formula is C25H34F2. The Morgan fingerprint density at radius 1 is 0.889 bits per heavy atom. The van der Waals surface area contributed by atoms with Gasteiger partial charge in [-0.3, -0.25) is 0 Å². The van der Waals surface area contributed by atoms with Crippen LogP contribution in [0.15, 0.2) is 30.4 Å². The van der Waals surface area contributed by atoms with E-state index in [4.69, 9.17) is 0 Å². The highest BCUT2D eigenvalue weighted by Crippen LogP contribution is 2.55. The van der Waals surface area contributed by atoms with Crippen molar-refractivity contribution in [3.63, 3.8) is 0 Å². The van der Waals surface area contributed by atoms with E-state index in [1.54, 1.807) is 0 Å². The van der Waals surface area contributed by atoms with Crippen LogP contribution in [-0.2, 0) is 0 Å². The third-order valence-electron chi connectivity index (χ3n) is 8.04. The number of benzene rings is 1. The molecule has 3 aliphatic rings. The van der Waals surface area contributed by atoms with Crippen LogP contribution in [0.3, 0.4) is 0 Å². The van der Waals surface area contributed by atoms with Crippen LogP contribution in [0.4, 0.5) is 8.78 Å². The fraction of sp³-hybridized carbons (Fsp3) is 0.680. The Bertz CT molecular complexity index is 664. The van der Waals surface area contributed by atoms with Crippen LogP contribution in [0.5, 0.6) is 0 Å². The Morgan fingerprint density at radius 3 is 2.37 bits per heavy atom. The van der Waals surface area contributed by atoms with Crippen molar-refractivity contribution < 1.29 is 8.78 Å². The summed E-state index contributed by atoms with van der Waals surface area (Å²) in [5.41, 5.74) is 1.02. The molecule has 1 unspecified atom stereocenters. The average Bonchev–Trinajstić information content (AvgIpc) is 2.69. The highest BCUT2D eigenvalue weighted by molar-refractivity contribution is 5.22. The van der Waals surface area contributed by atoms with E-state index in [-0.39, 0.29) is 0 Å². The lowest BCUT2D eigenvalue weighted by Gasteiger charge is -2.51. The van der Waals surface area contributed by atoms with Crippen LogP contribution >= 0.6 is 0 Å². The third kappa shape index (κ3) is 4.15. The molecule has 0 aromatic heterocycles. The fourth-order valence-electron chi connectivity index (χ4n) is 6.72. The van der Waals surface area contributed by atoms with E-state index in [2.05, 4.69) is 19.1 Å². The van der Waals surface area contributed by atoms with Crippen LogP contribution in [0.2, 0.25) is 0 Å². The van der Waals surface area contributed by atoms with Gasteiger partial charge in [0.2, 0.25) is 0 Å². The highest BCUT2D eigenvalue weighted by Gasteiger charge is 2.44.